The zero-order chi connectivity index (χ0) is 22.6. The molecule has 9 heteroatoms. The molecule has 4 aromatic rings. The molecule has 0 saturated carbocycles. The lowest BCUT2D eigenvalue weighted by molar-refractivity contribution is 0.145. The molecule has 0 spiro atoms. The first-order chi connectivity index (χ1) is 15.4. The summed E-state index contributed by atoms with van der Waals surface area (Å²) in [5, 5.41) is 15.3. The fourth-order valence-electron chi connectivity index (χ4n) is 4.67. The number of alkyl halides is 2. The zero-order valence-electron chi connectivity index (χ0n) is 17.5. The molecule has 1 aromatic carbocycles. The minimum atomic E-state index is -2.86. The molecule has 6 nitrogen and oxygen atoms in total. The molecule has 1 atom stereocenters. The monoisotopic (exact) mass is 452 g/mol. The van der Waals surface area contributed by atoms with E-state index in [1.807, 2.05) is 32.2 Å². The van der Waals surface area contributed by atoms with E-state index in [2.05, 4.69) is 20.0 Å². The summed E-state index contributed by atoms with van der Waals surface area (Å²) in [6.07, 6.45) is -0.308. The van der Waals surface area contributed by atoms with Gasteiger partial charge in [-0.05, 0) is 50.7 Å². The largest absolute Gasteiger partial charge is 0.306 e. The zero-order valence-corrected chi connectivity index (χ0v) is 18.2. The van der Waals surface area contributed by atoms with E-state index in [1.54, 1.807) is 18.3 Å². The van der Waals surface area contributed by atoms with Crippen LogP contribution in [0.5, 0.6) is 0 Å². The van der Waals surface area contributed by atoms with E-state index in [0.717, 1.165) is 47.2 Å². The molecule has 5 rings (SSSR count). The van der Waals surface area contributed by atoms with Gasteiger partial charge in [0.05, 0.1) is 11.2 Å². The van der Waals surface area contributed by atoms with Crippen molar-refractivity contribution in [3.8, 4) is 17.2 Å². The van der Waals surface area contributed by atoms with Crippen LogP contribution in [0.15, 0.2) is 30.5 Å². The second-order valence-electron chi connectivity index (χ2n) is 8.13. The molecular formula is C23H19ClF2N6. The Kier molecular flexibility index (Phi) is 5.03. The summed E-state index contributed by atoms with van der Waals surface area (Å²) >= 11 is 6.17. The van der Waals surface area contributed by atoms with Crippen molar-refractivity contribution in [2.75, 3.05) is 20.1 Å². The number of aromatic nitrogens is 4. The number of likely N-dealkylation sites (N-methyl/N-ethyl adjacent to an activating group) is 1. The topological polar surface area (TPSA) is 70.1 Å². The number of fused-ring (bicyclic) bond motifs is 2. The highest BCUT2D eigenvalue weighted by Crippen LogP contribution is 2.40. The van der Waals surface area contributed by atoms with Gasteiger partial charge in [-0.1, -0.05) is 17.7 Å². The first kappa shape index (κ1) is 20.7. The molecule has 0 radical (unpaired) electrons. The number of nitrogens with zero attached hydrogens (tertiary/aromatic N) is 6. The minimum Gasteiger partial charge on any atom is -0.306 e. The van der Waals surface area contributed by atoms with Gasteiger partial charge in [-0.2, -0.15) is 10.4 Å². The number of benzene rings is 1. The second-order valence-corrected chi connectivity index (χ2v) is 8.57. The lowest BCUT2D eigenvalue weighted by Crippen LogP contribution is -2.16. The van der Waals surface area contributed by atoms with Crippen molar-refractivity contribution >= 4 is 28.2 Å². The maximum atomic E-state index is 13.7. The van der Waals surface area contributed by atoms with Crippen molar-refractivity contribution in [3.05, 3.63) is 58.1 Å². The second kappa shape index (κ2) is 7.76. The number of aryl methyl sites for hydroxylation is 1. The van der Waals surface area contributed by atoms with Gasteiger partial charge in [0.15, 0.2) is 5.65 Å². The Morgan fingerprint density at radius 2 is 2.09 bits per heavy atom. The van der Waals surface area contributed by atoms with Crippen LogP contribution < -0.4 is 0 Å². The van der Waals surface area contributed by atoms with Crippen LogP contribution in [0.25, 0.3) is 27.7 Å². The Hall–Kier alpha value is -3.15. The summed E-state index contributed by atoms with van der Waals surface area (Å²) < 4.78 is 28.9. The number of hydrogen-bond acceptors (Lipinski definition) is 5. The average Bonchev–Trinajstić information content (AvgIpc) is 3.35. The maximum Gasteiger partial charge on any atom is 0.283 e. The molecule has 1 aliphatic heterocycles. The highest BCUT2D eigenvalue weighted by atomic mass is 35.5. The summed E-state index contributed by atoms with van der Waals surface area (Å²) in [4.78, 5) is 11.2. The Morgan fingerprint density at radius 1 is 1.28 bits per heavy atom. The molecule has 3 aromatic heterocycles. The van der Waals surface area contributed by atoms with Gasteiger partial charge in [0.2, 0.25) is 0 Å². The summed E-state index contributed by atoms with van der Waals surface area (Å²) in [7, 11) is 2.03. The summed E-state index contributed by atoms with van der Waals surface area (Å²) in [6, 6.07) is 9.29. The van der Waals surface area contributed by atoms with Crippen molar-refractivity contribution in [1.29, 1.82) is 5.26 Å². The van der Waals surface area contributed by atoms with Crippen LogP contribution in [0.3, 0.4) is 0 Å². The molecule has 1 aliphatic rings. The van der Waals surface area contributed by atoms with E-state index >= 15 is 0 Å². The third-order valence-electron chi connectivity index (χ3n) is 6.08. The van der Waals surface area contributed by atoms with E-state index in [0.29, 0.717) is 10.7 Å². The number of pyridine rings is 1. The van der Waals surface area contributed by atoms with Gasteiger partial charge in [-0.25, -0.2) is 18.3 Å². The number of nitriles is 1. The van der Waals surface area contributed by atoms with Crippen molar-refractivity contribution in [2.24, 2.45) is 0 Å². The number of halogens is 3. The lowest BCUT2D eigenvalue weighted by atomic mass is 9.91. The third kappa shape index (κ3) is 3.20. The highest BCUT2D eigenvalue weighted by Gasteiger charge is 2.32. The van der Waals surface area contributed by atoms with Crippen LogP contribution in [0, 0.1) is 18.3 Å². The van der Waals surface area contributed by atoms with Gasteiger partial charge >= 0.3 is 0 Å². The Morgan fingerprint density at radius 3 is 2.78 bits per heavy atom. The van der Waals surface area contributed by atoms with E-state index in [4.69, 9.17) is 11.6 Å². The van der Waals surface area contributed by atoms with Crippen molar-refractivity contribution < 1.29 is 8.78 Å². The van der Waals surface area contributed by atoms with Gasteiger partial charge in [0.25, 0.3) is 6.43 Å². The van der Waals surface area contributed by atoms with Gasteiger partial charge in [-0.3, -0.25) is 4.98 Å². The average molecular weight is 453 g/mol. The van der Waals surface area contributed by atoms with Crippen LogP contribution >= 0.6 is 11.6 Å². The summed E-state index contributed by atoms with van der Waals surface area (Å²) in [6.45, 7) is 3.48. The first-order valence-corrected chi connectivity index (χ1v) is 10.6. The number of likely N-dealkylation sites (tertiary alicyclic amines) is 1. The van der Waals surface area contributed by atoms with Gasteiger partial charge in [0, 0.05) is 40.3 Å². The van der Waals surface area contributed by atoms with E-state index in [-0.39, 0.29) is 17.1 Å². The summed E-state index contributed by atoms with van der Waals surface area (Å²) in [5.74, 6) is 0.0479. The van der Waals surface area contributed by atoms with E-state index < -0.39 is 12.1 Å². The molecule has 1 fully saturated rings. The van der Waals surface area contributed by atoms with Crippen molar-refractivity contribution in [3.63, 3.8) is 0 Å². The fraction of sp³-hybridized carbons (Fsp3) is 0.304. The van der Waals surface area contributed by atoms with Gasteiger partial charge in [0.1, 0.15) is 17.3 Å². The molecular weight excluding hydrogens is 434 g/mol. The van der Waals surface area contributed by atoms with Crippen molar-refractivity contribution in [2.45, 2.75) is 25.7 Å². The Labute approximate surface area is 188 Å². The Bertz CT molecular complexity index is 1410. The molecule has 4 heterocycles. The number of hydrogen-bond donors (Lipinski definition) is 0. The van der Waals surface area contributed by atoms with Crippen LogP contribution in [-0.4, -0.2) is 44.6 Å². The number of rotatable bonds is 3. The normalized spacial score (nSPS) is 17.0. The first-order valence-electron chi connectivity index (χ1n) is 10.2. The SMILES string of the molecule is Cc1nc2c(C#N)c(C(F)F)nn2c([C@H]2CCN(C)C2)c1-c1ccnc2cc(Cl)ccc12. The highest BCUT2D eigenvalue weighted by molar-refractivity contribution is 6.31. The molecule has 0 unspecified atom stereocenters. The van der Waals surface area contributed by atoms with Crippen LogP contribution in [0.2, 0.25) is 5.02 Å². The summed E-state index contributed by atoms with van der Waals surface area (Å²) in [5.41, 5.74) is 3.37. The molecule has 32 heavy (non-hydrogen) atoms. The Balaban J connectivity index is 1.90. The molecule has 0 amide bonds. The van der Waals surface area contributed by atoms with Gasteiger partial charge < -0.3 is 4.90 Å². The molecule has 162 valence electrons. The predicted octanol–water partition coefficient (Wildman–Crippen LogP) is 5.13. The molecule has 0 bridgehead atoms. The van der Waals surface area contributed by atoms with Crippen molar-refractivity contribution in [1.82, 2.24) is 24.5 Å². The van der Waals surface area contributed by atoms with Gasteiger partial charge in [-0.15, -0.1) is 0 Å². The molecule has 0 N–H and O–H groups in total. The van der Waals surface area contributed by atoms with E-state index in [9.17, 15) is 14.0 Å². The standard InChI is InChI=1S/C23H19ClF2N6/c1-12-19(16-5-7-28-18-9-14(24)3-4-15(16)18)21(13-6-8-31(2)11-13)32-23(29-12)17(10-27)20(30-32)22(25)26/h3-5,7,9,13,22H,6,8,11H2,1-2H3/t13-/m0/s1. The van der Waals surface area contributed by atoms with Crippen LogP contribution in [0.1, 0.15) is 41.4 Å². The van der Waals surface area contributed by atoms with Crippen LogP contribution in [-0.2, 0) is 0 Å². The third-order valence-corrected chi connectivity index (χ3v) is 6.31. The maximum absolute atomic E-state index is 13.7. The molecule has 0 aliphatic carbocycles. The quantitative estimate of drug-likeness (QED) is 0.430. The fourth-order valence-corrected chi connectivity index (χ4v) is 4.84. The van der Waals surface area contributed by atoms with Crippen LogP contribution in [0.4, 0.5) is 8.78 Å². The predicted molar refractivity (Wildman–Crippen MR) is 118 cm³/mol. The lowest BCUT2D eigenvalue weighted by Gasteiger charge is -2.20. The smallest absolute Gasteiger partial charge is 0.283 e. The molecule has 1 saturated heterocycles. The van der Waals surface area contributed by atoms with E-state index in [1.165, 1.54) is 4.52 Å². The minimum absolute atomic E-state index is 0.0479.